The smallest absolute Gasteiger partial charge is 0.206 e. The molecule has 0 bridgehead atoms. The molecule has 0 spiro atoms. The lowest BCUT2D eigenvalue weighted by atomic mass is 10.0. The molecule has 0 aliphatic rings. The molecule has 0 heterocycles. The van der Waals surface area contributed by atoms with E-state index in [1.165, 1.54) is 48.5 Å². The van der Waals surface area contributed by atoms with Crippen LogP contribution in [0.1, 0.15) is 20.7 Å². The summed E-state index contributed by atoms with van der Waals surface area (Å²) in [6.07, 6.45) is 0. The number of Topliss-reactive ketones (excluding diaryl/α,β-unsaturated/α-hetero) is 2. The average Bonchev–Trinajstić information content (AvgIpc) is 2.75. The van der Waals surface area contributed by atoms with Gasteiger partial charge in [-0.2, -0.15) is 21.0 Å². The van der Waals surface area contributed by atoms with Gasteiger partial charge >= 0.3 is 0 Å². The molecular weight excluding hydrogens is 392 g/mol. The van der Waals surface area contributed by atoms with E-state index in [0.29, 0.717) is 0 Å². The fraction of sp³-hybridized carbons (Fsp3) is 0.100. The van der Waals surface area contributed by atoms with Gasteiger partial charge in [-0.15, -0.1) is 0 Å². The summed E-state index contributed by atoms with van der Waals surface area (Å²) in [6, 6.07) is 15.8. The van der Waals surface area contributed by atoms with Crippen LogP contribution in [0.15, 0.2) is 58.3 Å². The molecule has 9 heteroatoms. The van der Waals surface area contributed by atoms with E-state index in [9.17, 15) is 18.0 Å². The maximum Gasteiger partial charge on any atom is 0.206 e. The Labute approximate surface area is 166 Å². The van der Waals surface area contributed by atoms with Gasteiger partial charge in [-0.25, -0.2) is 8.42 Å². The maximum absolute atomic E-state index is 12.7. The third kappa shape index (κ3) is 4.17. The Bertz CT molecular complexity index is 1120. The van der Waals surface area contributed by atoms with Gasteiger partial charge in [0, 0.05) is 11.1 Å². The molecular formula is C20H10N4O4S. The number of hydrogen-bond acceptors (Lipinski definition) is 8. The van der Waals surface area contributed by atoms with Crippen molar-refractivity contribution in [2.75, 3.05) is 0 Å². The highest BCUT2D eigenvalue weighted by molar-refractivity contribution is 7.91. The van der Waals surface area contributed by atoms with Crippen molar-refractivity contribution >= 4 is 21.4 Å². The number of carbonyl (C=O) groups excluding carboxylic acids is 2. The van der Waals surface area contributed by atoms with Crippen molar-refractivity contribution in [3.63, 3.8) is 0 Å². The number of nitrogens with zero attached hydrogens (tertiary/aromatic N) is 4. The van der Waals surface area contributed by atoms with Crippen molar-refractivity contribution in [3.8, 4) is 24.3 Å². The largest absolute Gasteiger partial charge is 0.291 e. The molecule has 0 amide bonds. The molecule has 140 valence electrons. The van der Waals surface area contributed by atoms with Crippen molar-refractivity contribution in [2.45, 2.75) is 9.79 Å². The van der Waals surface area contributed by atoms with E-state index in [0.717, 1.165) is 0 Å². The lowest BCUT2D eigenvalue weighted by Crippen LogP contribution is -2.12. The summed E-state index contributed by atoms with van der Waals surface area (Å²) < 4.78 is 25.4. The lowest BCUT2D eigenvalue weighted by Gasteiger charge is -2.07. The second kappa shape index (κ2) is 8.59. The van der Waals surface area contributed by atoms with Crippen molar-refractivity contribution < 1.29 is 18.0 Å². The monoisotopic (exact) mass is 402 g/mol. The molecule has 0 unspecified atom stereocenters. The van der Waals surface area contributed by atoms with E-state index >= 15 is 0 Å². The predicted molar refractivity (Wildman–Crippen MR) is 96.4 cm³/mol. The van der Waals surface area contributed by atoms with E-state index < -0.39 is 33.2 Å². The zero-order valence-corrected chi connectivity index (χ0v) is 15.4. The van der Waals surface area contributed by atoms with Crippen molar-refractivity contribution in [1.29, 1.82) is 21.0 Å². The fourth-order valence-corrected chi connectivity index (χ4v) is 3.62. The molecule has 0 aliphatic heterocycles. The van der Waals surface area contributed by atoms with Gasteiger partial charge in [0.15, 0.2) is 23.4 Å². The SMILES string of the molecule is N#CC(C#N)C(=O)c1ccc(S(=O)(=O)c2ccc(C(=O)C(C#N)C#N)cc2)cc1. The molecule has 0 aliphatic carbocycles. The van der Waals surface area contributed by atoms with Gasteiger partial charge in [0.05, 0.1) is 34.1 Å². The van der Waals surface area contributed by atoms with Crippen LogP contribution in [0.25, 0.3) is 0 Å². The third-order valence-corrected chi connectivity index (χ3v) is 5.72. The Balaban J connectivity index is 2.32. The van der Waals surface area contributed by atoms with Crippen LogP contribution in [0.3, 0.4) is 0 Å². The molecule has 29 heavy (non-hydrogen) atoms. The Morgan fingerprint density at radius 2 is 0.897 bits per heavy atom. The van der Waals surface area contributed by atoms with Crippen LogP contribution in [0.4, 0.5) is 0 Å². The second-order valence-corrected chi connectivity index (χ2v) is 7.61. The minimum absolute atomic E-state index is 0.0250. The van der Waals surface area contributed by atoms with E-state index in [2.05, 4.69) is 0 Å². The van der Waals surface area contributed by atoms with Gasteiger partial charge in [-0.3, -0.25) is 9.59 Å². The fourth-order valence-electron chi connectivity index (χ4n) is 2.36. The van der Waals surface area contributed by atoms with Gasteiger partial charge in [-0.05, 0) is 24.3 Å². The zero-order chi connectivity index (χ0) is 21.6. The number of benzene rings is 2. The Morgan fingerprint density at radius 3 is 1.14 bits per heavy atom. The first-order valence-electron chi connectivity index (χ1n) is 7.92. The summed E-state index contributed by atoms with van der Waals surface area (Å²) in [6.45, 7) is 0. The number of hydrogen-bond donors (Lipinski definition) is 0. The normalized spacial score (nSPS) is 10.4. The maximum atomic E-state index is 12.7. The highest BCUT2D eigenvalue weighted by Crippen LogP contribution is 2.23. The molecule has 0 atom stereocenters. The molecule has 8 nitrogen and oxygen atoms in total. The number of sulfone groups is 1. The zero-order valence-electron chi connectivity index (χ0n) is 14.6. The molecule has 2 rings (SSSR count). The van der Waals surface area contributed by atoms with Gasteiger partial charge in [0.1, 0.15) is 0 Å². The van der Waals surface area contributed by atoms with Crippen LogP contribution >= 0.6 is 0 Å². The number of rotatable bonds is 6. The van der Waals surface area contributed by atoms with Crippen LogP contribution in [0.2, 0.25) is 0 Å². The Kier molecular flexibility index (Phi) is 6.22. The molecule has 2 aromatic rings. The number of nitriles is 4. The van der Waals surface area contributed by atoms with E-state index in [-0.39, 0.29) is 20.9 Å². The minimum Gasteiger partial charge on any atom is -0.291 e. The van der Waals surface area contributed by atoms with Gasteiger partial charge in [0.25, 0.3) is 0 Å². The van der Waals surface area contributed by atoms with Crippen LogP contribution in [-0.2, 0) is 9.84 Å². The predicted octanol–water partition coefficient (Wildman–Crippen LogP) is 2.21. The molecule has 0 saturated heterocycles. The minimum atomic E-state index is -3.97. The first-order chi connectivity index (χ1) is 13.8. The van der Waals surface area contributed by atoms with Crippen LogP contribution in [0.5, 0.6) is 0 Å². The highest BCUT2D eigenvalue weighted by Gasteiger charge is 2.23. The summed E-state index contributed by atoms with van der Waals surface area (Å²) >= 11 is 0. The third-order valence-electron chi connectivity index (χ3n) is 3.94. The van der Waals surface area contributed by atoms with Crippen LogP contribution in [-0.4, -0.2) is 20.0 Å². The van der Waals surface area contributed by atoms with Crippen molar-refractivity contribution in [1.82, 2.24) is 0 Å². The Hall–Kier alpha value is -4.31. The quantitative estimate of drug-likeness (QED) is 0.664. The van der Waals surface area contributed by atoms with Gasteiger partial charge in [0.2, 0.25) is 9.84 Å². The molecule has 0 saturated carbocycles. The summed E-state index contributed by atoms with van der Waals surface area (Å²) in [5.41, 5.74) is 0.0501. The number of carbonyl (C=O) groups is 2. The number of ketones is 2. The van der Waals surface area contributed by atoms with Crippen molar-refractivity contribution in [3.05, 3.63) is 59.7 Å². The molecule has 0 radical (unpaired) electrons. The van der Waals surface area contributed by atoms with Gasteiger partial charge < -0.3 is 0 Å². The molecule has 2 aromatic carbocycles. The second-order valence-electron chi connectivity index (χ2n) is 5.66. The van der Waals surface area contributed by atoms with E-state index in [1.54, 1.807) is 24.3 Å². The van der Waals surface area contributed by atoms with Crippen LogP contribution < -0.4 is 0 Å². The van der Waals surface area contributed by atoms with Crippen molar-refractivity contribution in [2.24, 2.45) is 11.8 Å². The summed E-state index contributed by atoms with van der Waals surface area (Å²) in [5.74, 6) is -4.42. The molecule has 0 fully saturated rings. The molecule has 0 N–H and O–H groups in total. The highest BCUT2D eigenvalue weighted by atomic mass is 32.2. The van der Waals surface area contributed by atoms with Crippen LogP contribution in [0, 0.1) is 57.2 Å². The van der Waals surface area contributed by atoms with Gasteiger partial charge in [-0.1, -0.05) is 24.3 Å². The van der Waals surface area contributed by atoms with E-state index in [1.807, 2.05) is 0 Å². The first kappa shape index (κ1) is 21.0. The topological polar surface area (TPSA) is 163 Å². The summed E-state index contributed by atoms with van der Waals surface area (Å²) in [4.78, 5) is 23.7. The molecule has 0 aromatic heterocycles. The lowest BCUT2D eigenvalue weighted by molar-refractivity contribution is 0.0963. The Morgan fingerprint density at radius 1 is 0.621 bits per heavy atom. The first-order valence-corrected chi connectivity index (χ1v) is 9.40. The standard InChI is InChI=1S/C20H10N4O4S/c21-9-15(10-22)19(25)13-1-5-17(6-2-13)29(27,28)18-7-3-14(4-8-18)20(26)16(11-23)12-24/h1-8,15-16H. The summed E-state index contributed by atoms with van der Waals surface area (Å²) in [5, 5.41) is 35.1. The average molecular weight is 402 g/mol. The van der Waals surface area contributed by atoms with E-state index in [4.69, 9.17) is 21.0 Å². The summed E-state index contributed by atoms with van der Waals surface area (Å²) in [7, 11) is -3.97.